The molecule has 0 spiro atoms. The lowest BCUT2D eigenvalue weighted by Crippen LogP contribution is -2.49. The van der Waals surface area contributed by atoms with Crippen molar-refractivity contribution >= 4 is 0 Å². The molecule has 1 aliphatic heterocycles. The molecule has 0 saturated carbocycles. The van der Waals surface area contributed by atoms with Crippen LogP contribution in [0.3, 0.4) is 0 Å². The zero-order valence-electron chi connectivity index (χ0n) is 12.8. The molecule has 2 aromatic rings. The Hall–Kier alpha value is -2.02. The van der Waals surface area contributed by atoms with E-state index in [1.807, 2.05) is 7.05 Å². The Morgan fingerprint density at radius 2 is 2.14 bits per heavy atom. The summed E-state index contributed by atoms with van der Waals surface area (Å²) < 4.78 is 1.66. The molecule has 0 N–H and O–H groups in total. The maximum atomic E-state index is 12.1. The van der Waals surface area contributed by atoms with Gasteiger partial charge in [-0.05, 0) is 24.8 Å². The van der Waals surface area contributed by atoms with E-state index < -0.39 is 0 Å². The predicted molar refractivity (Wildman–Crippen MR) is 80.3 cm³/mol. The molecule has 0 aromatic carbocycles. The van der Waals surface area contributed by atoms with Crippen molar-refractivity contribution in [2.45, 2.75) is 32.4 Å². The van der Waals surface area contributed by atoms with Crippen LogP contribution in [0.2, 0.25) is 0 Å². The van der Waals surface area contributed by atoms with E-state index in [1.165, 1.54) is 0 Å². The van der Waals surface area contributed by atoms with Crippen LogP contribution >= 0.6 is 0 Å². The highest BCUT2D eigenvalue weighted by atomic mass is 16.1. The smallest absolute Gasteiger partial charge is 0.267 e. The summed E-state index contributed by atoms with van der Waals surface area (Å²) in [6, 6.07) is 1.78. The van der Waals surface area contributed by atoms with Crippen LogP contribution in [-0.4, -0.2) is 42.8 Å². The molecule has 116 valence electrons. The standard InChI is InChI=1S/C15H20N6O/c1-19-16-6-13(17-19)10-20-7-11(8-20)9-21-15(22)5-12-3-2-4-14(12)18-21/h5-6,11H,2-4,7-10H2,1H3. The van der Waals surface area contributed by atoms with Gasteiger partial charge in [-0.15, -0.1) is 0 Å². The van der Waals surface area contributed by atoms with Crippen LogP contribution in [0.15, 0.2) is 17.1 Å². The minimum absolute atomic E-state index is 0.0491. The van der Waals surface area contributed by atoms with E-state index in [1.54, 1.807) is 21.7 Å². The highest BCUT2D eigenvalue weighted by Crippen LogP contribution is 2.20. The van der Waals surface area contributed by atoms with Crippen LogP contribution < -0.4 is 5.56 Å². The molecular formula is C15H20N6O. The van der Waals surface area contributed by atoms with Gasteiger partial charge in [0.1, 0.15) is 0 Å². The van der Waals surface area contributed by atoms with Crippen molar-refractivity contribution in [3.05, 3.63) is 39.6 Å². The lowest BCUT2D eigenvalue weighted by atomic mass is 10.00. The van der Waals surface area contributed by atoms with Crippen molar-refractivity contribution in [1.82, 2.24) is 29.7 Å². The highest BCUT2D eigenvalue weighted by Gasteiger charge is 2.28. The summed E-state index contributed by atoms with van der Waals surface area (Å²) in [7, 11) is 1.83. The Bertz CT molecular complexity index is 743. The third-order valence-electron chi connectivity index (χ3n) is 4.52. The first-order valence-corrected chi connectivity index (χ1v) is 7.85. The summed E-state index contributed by atoms with van der Waals surface area (Å²) in [6.45, 7) is 3.53. The topological polar surface area (TPSA) is 68.8 Å². The third-order valence-corrected chi connectivity index (χ3v) is 4.52. The van der Waals surface area contributed by atoms with E-state index in [4.69, 9.17) is 0 Å². The Balaban J connectivity index is 1.35. The molecule has 2 aromatic heterocycles. The number of hydrogen-bond donors (Lipinski definition) is 0. The van der Waals surface area contributed by atoms with Gasteiger partial charge in [-0.3, -0.25) is 9.69 Å². The summed E-state index contributed by atoms with van der Waals surface area (Å²) in [5.74, 6) is 0.501. The van der Waals surface area contributed by atoms with Gasteiger partial charge in [-0.2, -0.15) is 20.1 Å². The van der Waals surface area contributed by atoms with E-state index in [2.05, 4.69) is 20.2 Å². The fourth-order valence-electron chi connectivity index (χ4n) is 3.43. The van der Waals surface area contributed by atoms with Crippen LogP contribution in [0.25, 0.3) is 0 Å². The maximum absolute atomic E-state index is 12.1. The largest absolute Gasteiger partial charge is 0.297 e. The van der Waals surface area contributed by atoms with Crippen LogP contribution in [0.1, 0.15) is 23.4 Å². The quantitative estimate of drug-likeness (QED) is 0.794. The number of likely N-dealkylation sites (tertiary alicyclic amines) is 1. The maximum Gasteiger partial charge on any atom is 0.267 e. The Kier molecular flexibility index (Phi) is 3.29. The summed E-state index contributed by atoms with van der Waals surface area (Å²) >= 11 is 0. The van der Waals surface area contributed by atoms with Gasteiger partial charge in [0.05, 0.1) is 24.1 Å². The predicted octanol–water partition coefficient (Wildman–Crippen LogP) is -0.00750. The number of aromatic nitrogens is 5. The lowest BCUT2D eigenvalue weighted by Gasteiger charge is -2.38. The van der Waals surface area contributed by atoms with Crippen LogP contribution in [0.5, 0.6) is 0 Å². The molecule has 3 heterocycles. The fourth-order valence-corrected chi connectivity index (χ4v) is 3.43. The molecule has 1 saturated heterocycles. The molecule has 0 atom stereocenters. The first-order chi connectivity index (χ1) is 10.7. The molecule has 1 fully saturated rings. The molecule has 2 aliphatic rings. The molecule has 0 bridgehead atoms. The lowest BCUT2D eigenvalue weighted by molar-refractivity contribution is 0.0751. The monoisotopic (exact) mass is 300 g/mol. The first-order valence-electron chi connectivity index (χ1n) is 7.85. The van der Waals surface area contributed by atoms with Crippen LogP contribution in [0.4, 0.5) is 0 Å². The van der Waals surface area contributed by atoms with E-state index in [0.717, 1.165) is 62.4 Å². The van der Waals surface area contributed by atoms with E-state index in [9.17, 15) is 4.79 Å². The van der Waals surface area contributed by atoms with Crippen molar-refractivity contribution in [3.63, 3.8) is 0 Å². The van der Waals surface area contributed by atoms with Gasteiger partial charge >= 0.3 is 0 Å². The summed E-state index contributed by atoms with van der Waals surface area (Å²) in [4.78, 5) is 16.0. The van der Waals surface area contributed by atoms with Crippen molar-refractivity contribution in [2.75, 3.05) is 13.1 Å². The summed E-state index contributed by atoms with van der Waals surface area (Å²) in [5, 5.41) is 12.9. The highest BCUT2D eigenvalue weighted by molar-refractivity contribution is 5.22. The zero-order valence-corrected chi connectivity index (χ0v) is 12.8. The van der Waals surface area contributed by atoms with E-state index in [0.29, 0.717) is 5.92 Å². The van der Waals surface area contributed by atoms with Gasteiger partial charge in [0.25, 0.3) is 5.56 Å². The number of aryl methyl sites for hydroxylation is 3. The second-order valence-electron chi connectivity index (χ2n) is 6.38. The average Bonchev–Trinajstić information content (AvgIpc) is 3.05. The second-order valence-corrected chi connectivity index (χ2v) is 6.38. The first kappa shape index (κ1) is 13.6. The molecule has 4 rings (SSSR count). The minimum atomic E-state index is 0.0491. The SMILES string of the molecule is Cn1ncc(CN2CC(Cn3nc4c(cc3=O)CCC4)C2)n1. The van der Waals surface area contributed by atoms with E-state index >= 15 is 0 Å². The number of rotatable bonds is 4. The fraction of sp³-hybridized carbons (Fsp3) is 0.600. The molecule has 0 radical (unpaired) electrons. The van der Waals surface area contributed by atoms with Crippen molar-refractivity contribution in [1.29, 1.82) is 0 Å². The number of nitrogens with zero attached hydrogens (tertiary/aromatic N) is 6. The van der Waals surface area contributed by atoms with Crippen molar-refractivity contribution in [2.24, 2.45) is 13.0 Å². The zero-order chi connectivity index (χ0) is 15.1. The molecule has 0 unspecified atom stereocenters. The third kappa shape index (κ3) is 2.56. The van der Waals surface area contributed by atoms with Gasteiger partial charge in [-0.25, -0.2) is 4.68 Å². The van der Waals surface area contributed by atoms with Crippen LogP contribution in [0, 0.1) is 5.92 Å². The molecule has 7 nitrogen and oxygen atoms in total. The second kappa shape index (κ2) is 5.31. The van der Waals surface area contributed by atoms with Crippen LogP contribution in [-0.2, 0) is 33.0 Å². The molecule has 7 heteroatoms. The minimum Gasteiger partial charge on any atom is -0.297 e. The molecule has 1 aliphatic carbocycles. The summed E-state index contributed by atoms with van der Waals surface area (Å²) in [5.41, 5.74) is 3.32. The Labute approximate surface area is 128 Å². The Morgan fingerprint density at radius 1 is 1.27 bits per heavy atom. The van der Waals surface area contributed by atoms with Gasteiger partial charge < -0.3 is 0 Å². The van der Waals surface area contributed by atoms with E-state index in [-0.39, 0.29) is 5.56 Å². The van der Waals surface area contributed by atoms with Gasteiger partial charge in [0.2, 0.25) is 0 Å². The molecule has 0 amide bonds. The van der Waals surface area contributed by atoms with Gasteiger partial charge in [0.15, 0.2) is 0 Å². The Morgan fingerprint density at radius 3 is 2.91 bits per heavy atom. The molecule has 22 heavy (non-hydrogen) atoms. The average molecular weight is 300 g/mol. The summed E-state index contributed by atoms with van der Waals surface area (Å²) in [6.07, 6.45) is 4.95. The normalized spacial score (nSPS) is 18.4. The molecular weight excluding hydrogens is 280 g/mol. The van der Waals surface area contributed by atoms with Gasteiger partial charge in [0, 0.05) is 38.7 Å². The number of hydrogen-bond acceptors (Lipinski definition) is 5. The number of fused-ring (bicyclic) bond motifs is 1. The van der Waals surface area contributed by atoms with Crippen molar-refractivity contribution < 1.29 is 0 Å². The van der Waals surface area contributed by atoms with Crippen molar-refractivity contribution in [3.8, 4) is 0 Å². The van der Waals surface area contributed by atoms with Gasteiger partial charge in [-0.1, -0.05) is 0 Å².